The van der Waals surface area contributed by atoms with Crippen molar-refractivity contribution in [3.63, 3.8) is 0 Å². The Hall–Kier alpha value is -0.390. The average Bonchev–Trinajstić information content (AvgIpc) is 2.36. The predicted octanol–water partition coefficient (Wildman–Crippen LogP) is 2.18. The Kier molecular flexibility index (Phi) is 2.17. The summed E-state index contributed by atoms with van der Waals surface area (Å²) in [6, 6.07) is 5.82. The second-order valence-corrected chi connectivity index (χ2v) is 5.80. The van der Waals surface area contributed by atoms with Crippen molar-refractivity contribution in [3.05, 3.63) is 18.2 Å². The standard InChI is InChI=1S/C8H9BrN2OS/c1-12-5-2-3-6-7(4-5)13-8(9,10)11-6/h2-4,11H,10H2,1H3. The molecule has 3 N–H and O–H groups in total. The van der Waals surface area contributed by atoms with Gasteiger partial charge in [0.05, 0.1) is 12.8 Å². The Labute approximate surface area is 89.1 Å². The van der Waals surface area contributed by atoms with Crippen LogP contribution in [0.5, 0.6) is 5.75 Å². The number of nitrogens with two attached hydrogens (primary N) is 1. The molecule has 1 atom stereocenters. The minimum Gasteiger partial charge on any atom is -0.497 e. The first-order valence-electron chi connectivity index (χ1n) is 3.74. The summed E-state index contributed by atoms with van der Waals surface area (Å²) in [6.07, 6.45) is 0. The molecule has 0 saturated heterocycles. The molecule has 1 heterocycles. The number of halogens is 1. The Morgan fingerprint density at radius 2 is 2.38 bits per heavy atom. The van der Waals surface area contributed by atoms with Gasteiger partial charge in [0.15, 0.2) is 3.90 Å². The van der Waals surface area contributed by atoms with Crippen molar-refractivity contribution < 1.29 is 4.74 Å². The highest BCUT2D eigenvalue weighted by Crippen LogP contribution is 2.46. The SMILES string of the molecule is COc1ccc2c(c1)SC(N)(Br)N2. The number of anilines is 1. The molecule has 0 bridgehead atoms. The zero-order valence-corrected chi connectivity index (χ0v) is 9.41. The summed E-state index contributed by atoms with van der Waals surface area (Å²) >= 11 is 4.88. The molecule has 0 aliphatic carbocycles. The summed E-state index contributed by atoms with van der Waals surface area (Å²) in [5.74, 6) is 0.846. The van der Waals surface area contributed by atoms with Crippen LogP contribution in [0.3, 0.4) is 0 Å². The van der Waals surface area contributed by atoms with Crippen LogP contribution in [-0.2, 0) is 0 Å². The van der Waals surface area contributed by atoms with Crippen molar-refractivity contribution in [2.45, 2.75) is 8.80 Å². The van der Waals surface area contributed by atoms with Gasteiger partial charge in [-0.1, -0.05) is 11.8 Å². The number of thioether (sulfide) groups is 1. The molecule has 0 spiro atoms. The maximum Gasteiger partial charge on any atom is 0.196 e. The summed E-state index contributed by atoms with van der Waals surface area (Å²) in [6.45, 7) is 0. The van der Waals surface area contributed by atoms with Gasteiger partial charge in [-0.15, -0.1) is 0 Å². The van der Waals surface area contributed by atoms with E-state index in [1.807, 2.05) is 18.2 Å². The number of nitrogens with one attached hydrogen (secondary N) is 1. The van der Waals surface area contributed by atoms with Crippen LogP contribution in [0, 0.1) is 0 Å². The van der Waals surface area contributed by atoms with Gasteiger partial charge in [-0.3, -0.25) is 5.73 Å². The second-order valence-electron chi connectivity index (χ2n) is 2.73. The molecule has 0 fully saturated rings. The number of rotatable bonds is 1. The average molecular weight is 261 g/mol. The zero-order chi connectivity index (χ0) is 9.47. The zero-order valence-electron chi connectivity index (χ0n) is 7.00. The summed E-state index contributed by atoms with van der Waals surface area (Å²) in [5.41, 5.74) is 6.88. The molecule has 13 heavy (non-hydrogen) atoms. The van der Waals surface area contributed by atoms with Gasteiger partial charge in [-0.25, -0.2) is 0 Å². The number of methoxy groups -OCH3 is 1. The summed E-state index contributed by atoms with van der Waals surface area (Å²) in [4.78, 5) is 1.10. The van der Waals surface area contributed by atoms with E-state index in [-0.39, 0.29) is 0 Å². The Morgan fingerprint density at radius 3 is 3.08 bits per heavy atom. The fourth-order valence-corrected chi connectivity index (χ4v) is 2.81. The molecule has 1 aromatic carbocycles. The van der Waals surface area contributed by atoms with Crippen LogP contribution in [0.15, 0.2) is 23.1 Å². The van der Waals surface area contributed by atoms with Crippen LogP contribution in [0.4, 0.5) is 5.69 Å². The third-order valence-corrected chi connectivity index (χ3v) is 3.39. The van der Waals surface area contributed by atoms with Crippen LogP contribution >= 0.6 is 27.7 Å². The first-order chi connectivity index (χ1) is 6.11. The first kappa shape index (κ1) is 9.18. The Bertz CT molecular complexity index is 343. The maximum absolute atomic E-state index is 5.85. The fraction of sp³-hybridized carbons (Fsp3) is 0.250. The van der Waals surface area contributed by atoms with Crippen molar-refractivity contribution in [3.8, 4) is 5.75 Å². The van der Waals surface area contributed by atoms with E-state index in [0.717, 1.165) is 16.3 Å². The first-order valence-corrected chi connectivity index (χ1v) is 5.35. The van der Waals surface area contributed by atoms with Gasteiger partial charge in [0, 0.05) is 4.90 Å². The van der Waals surface area contributed by atoms with Crippen LogP contribution in [0.25, 0.3) is 0 Å². The molecule has 1 unspecified atom stereocenters. The van der Waals surface area contributed by atoms with Gasteiger partial charge in [-0.05, 0) is 34.1 Å². The van der Waals surface area contributed by atoms with Gasteiger partial charge < -0.3 is 10.1 Å². The molecule has 5 heteroatoms. The van der Waals surface area contributed by atoms with Crippen molar-refractivity contribution in [1.29, 1.82) is 0 Å². The van der Waals surface area contributed by atoms with E-state index in [9.17, 15) is 0 Å². The highest BCUT2D eigenvalue weighted by atomic mass is 79.9. The molecule has 70 valence electrons. The Morgan fingerprint density at radius 1 is 1.62 bits per heavy atom. The lowest BCUT2D eigenvalue weighted by Gasteiger charge is -2.13. The summed E-state index contributed by atoms with van der Waals surface area (Å²) in [5, 5.41) is 3.13. The van der Waals surface area contributed by atoms with E-state index in [2.05, 4.69) is 21.2 Å². The van der Waals surface area contributed by atoms with E-state index in [0.29, 0.717) is 0 Å². The molecule has 2 rings (SSSR count). The minimum atomic E-state index is -0.582. The van der Waals surface area contributed by atoms with Crippen LogP contribution in [0.2, 0.25) is 0 Å². The summed E-state index contributed by atoms with van der Waals surface area (Å²) < 4.78 is 4.53. The normalized spacial score (nSPS) is 25.2. The van der Waals surface area contributed by atoms with Crippen LogP contribution < -0.4 is 15.8 Å². The van der Waals surface area contributed by atoms with Gasteiger partial charge >= 0.3 is 0 Å². The minimum absolute atomic E-state index is 0.582. The number of ether oxygens (including phenoxy) is 1. The third-order valence-electron chi connectivity index (χ3n) is 1.75. The quantitative estimate of drug-likeness (QED) is 0.601. The van der Waals surface area contributed by atoms with E-state index < -0.39 is 3.90 Å². The van der Waals surface area contributed by atoms with Crippen molar-refractivity contribution >= 4 is 33.4 Å². The number of alkyl halides is 1. The van der Waals surface area contributed by atoms with Crippen molar-refractivity contribution in [1.82, 2.24) is 0 Å². The maximum atomic E-state index is 5.85. The number of hydrogen-bond donors (Lipinski definition) is 2. The Balaban J connectivity index is 2.36. The van der Waals surface area contributed by atoms with E-state index in [4.69, 9.17) is 10.5 Å². The van der Waals surface area contributed by atoms with Crippen molar-refractivity contribution in [2.24, 2.45) is 5.73 Å². The number of benzene rings is 1. The molecule has 0 radical (unpaired) electrons. The van der Waals surface area contributed by atoms with Crippen LogP contribution in [0.1, 0.15) is 0 Å². The van der Waals surface area contributed by atoms with Crippen molar-refractivity contribution in [2.75, 3.05) is 12.4 Å². The molecular formula is C8H9BrN2OS. The lowest BCUT2D eigenvalue weighted by Crippen LogP contribution is -2.33. The molecule has 0 saturated carbocycles. The fourth-order valence-electron chi connectivity index (χ4n) is 1.19. The van der Waals surface area contributed by atoms with Gasteiger partial charge in [-0.2, -0.15) is 0 Å². The predicted molar refractivity (Wildman–Crippen MR) is 58.3 cm³/mol. The summed E-state index contributed by atoms with van der Waals surface area (Å²) in [7, 11) is 1.65. The van der Waals surface area contributed by atoms with Crippen LogP contribution in [-0.4, -0.2) is 11.0 Å². The lowest BCUT2D eigenvalue weighted by atomic mass is 10.3. The number of fused-ring (bicyclic) bond motifs is 1. The topological polar surface area (TPSA) is 47.3 Å². The molecular weight excluding hydrogens is 252 g/mol. The highest BCUT2D eigenvalue weighted by Gasteiger charge is 2.31. The largest absolute Gasteiger partial charge is 0.497 e. The molecule has 0 amide bonds. The molecule has 3 nitrogen and oxygen atoms in total. The van der Waals surface area contributed by atoms with Gasteiger partial charge in [0.2, 0.25) is 0 Å². The van der Waals surface area contributed by atoms with E-state index >= 15 is 0 Å². The molecule has 1 aliphatic heterocycles. The third kappa shape index (κ3) is 1.77. The van der Waals surface area contributed by atoms with Gasteiger partial charge in [0.25, 0.3) is 0 Å². The number of hydrogen-bond acceptors (Lipinski definition) is 4. The smallest absolute Gasteiger partial charge is 0.196 e. The molecule has 1 aromatic rings. The lowest BCUT2D eigenvalue weighted by molar-refractivity contribution is 0.414. The van der Waals surface area contributed by atoms with Gasteiger partial charge in [0.1, 0.15) is 5.75 Å². The van der Waals surface area contributed by atoms with E-state index in [1.54, 1.807) is 7.11 Å². The molecule has 1 aliphatic rings. The molecule has 0 aromatic heterocycles. The monoisotopic (exact) mass is 260 g/mol. The van der Waals surface area contributed by atoms with E-state index in [1.165, 1.54) is 11.8 Å². The highest BCUT2D eigenvalue weighted by molar-refractivity contribution is 9.12. The second kappa shape index (κ2) is 3.08.